The van der Waals surface area contributed by atoms with Crippen molar-refractivity contribution in [3.05, 3.63) is 70.8 Å². The van der Waals surface area contributed by atoms with Gasteiger partial charge >= 0.3 is 0 Å². The Kier molecular flexibility index (Phi) is 8.06. The Morgan fingerprint density at radius 3 is 1.35 bits per heavy atom. The Balaban J connectivity index is 0.000000956. The van der Waals surface area contributed by atoms with E-state index in [-0.39, 0.29) is 0 Å². The lowest BCUT2D eigenvalue weighted by Gasteiger charge is -2.04. The highest BCUT2D eigenvalue weighted by molar-refractivity contribution is 6.17. The van der Waals surface area contributed by atoms with Crippen molar-refractivity contribution in [2.75, 3.05) is 0 Å². The second-order valence-electron chi connectivity index (χ2n) is 4.62. The minimum atomic E-state index is 0.596. The minimum absolute atomic E-state index is 0.596. The van der Waals surface area contributed by atoms with Gasteiger partial charge in [0.25, 0.3) is 0 Å². The van der Waals surface area contributed by atoms with E-state index in [1.165, 1.54) is 22.3 Å². The Bertz CT molecular complexity index is 421. The number of benzene rings is 2. The summed E-state index contributed by atoms with van der Waals surface area (Å²) in [7, 11) is 0. The fourth-order valence-corrected chi connectivity index (χ4v) is 2.20. The fourth-order valence-electron chi connectivity index (χ4n) is 2.03. The predicted octanol–water partition coefficient (Wildman–Crippen LogP) is 5.80. The van der Waals surface area contributed by atoms with E-state index in [4.69, 9.17) is 11.6 Å². The third-order valence-electron chi connectivity index (χ3n) is 3.31. The molecule has 0 amide bonds. The van der Waals surface area contributed by atoms with Crippen molar-refractivity contribution in [2.45, 2.75) is 45.9 Å². The summed E-state index contributed by atoms with van der Waals surface area (Å²) in [6, 6.07) is 17.5. The largest absolute Gasteiger partial charge is 0.122 e. The minimum Gasteiger partial charge on any atom is -0.122 e. The summed E-state index contributed by atoms with van der Waals surface area (Å²) < 4.78 is 0. The van der Waals surface area contributed by atoms with Crippen LogP contribution in [-0.4, -0.2) is 0 Å². The van der Waals surface area contributed by atoms with E-state index in [2.05, 4.69) is 55.5 Å². The van der Waals surface area contributed by atoms with Crippen molar-refractivity contribution in [3.63, 3.8) is 0 Å². The molecule has 20 heavy (non-hydrogen) atoms. The Morgan fingerprint density at radius 1 is 0.650 bits per heavy atom. The summed E-state index contributed by atoms with van der Waals surface area (Å²) in [5, 5.41) is 0. The van der Waals surface area contributed by atoms with Gasteiger partial charge in [-0.15, -0.1) is 11.6 Å². The molecule has 0 atom stereocenters. The lowest BCUT2D eigenvalue weighted by atomic mass is 10.0. The van der Waals surface area contributed by atoms with Crippen LogP contribution in [0.4, 0.5) is 0 Å². The molecule has 0 N–H and O–H groups in total. The smallest absolute Gasteiger partial charge is 0.0474 e. The first-order valence-corrected chi connectivity index (χ1v) is 8.07. The molecule has 0 heterocycles. The molecular weight excluding hydrogens is 264 g/mol. The van der Waals surface area contributed by atoms with Crippen LogP contribution in [0.5, 0.6) is 0 Å². The van der Waals surface area contributed by atoms with Crippen molar-refractivity contribution >= 4 is 11.6 Å². The van der Waals surface area contributed by atoms with Crippen LogP contribution in [0.2, 0.25) is 0 Å². The number of alkyl halides is 1. The second-order valence-corrected chi connectivity index (χ2v) is 4.89. The first-order chi connectivity index (χ1) is 9.81. The molecule has 2 aromatic rings. The van der Waals surface area contributed by atoms with Crippen LogP contribution in [0.15, 0.2) is 48.5 Å². The van der Waals surface area contributed by atoms with Crippen molar-refractivity contribution in [1.29, 1.82) is 0 Å². The van der Waals surface area contributed by atoms with Crippen molar-refractivity contribution in [2.24, 2.45) is 0 Å². The maximum absolute atomic E-state index is 5.78. The topological polar surface area (TPSA) is 0 Å². The van der Waals surface area contributed by atoms with Crippen molar-refractivity contribution < 1.29 is 0 Å². The number of halogens is 1. The predicted molar refractivity (Wildman–Crippen MR) is 90.6 cm³/mol. The lowest BCUT2D eigenvalue weighted by Crippen LogP contribution is -1.92. The van der Waals surface area contributed by atoms with Gasteiger partial charge in [0.1, 0.15) is 0 Å². The van der Waals surface area contributed by atoms with Gasteiger partial charge in [0.2, 0.25) is 0 Å². The maximum atomic E-state index is 5.78. The molecule has 0 saturated carbocycles. The molecule has 0 saturated heterocycles. The Hall–Kier alpha value is -1.27. The molecule has 0 aliphatic heterocycles. The molecule has 0 unspecified atom stereocenters. The van der Waals surface area contributed by atoms with Gasteiger partial charge < -0.3 is 0 Å². The van der Waals surface area contributed by atoms with Crippen LogP contribution < -0.4 is 0 Å². The molecule has 108 valence electrons. The van der Waals surface area contributed by atoms with Crippen LogP contribution in [0, 0.1) is 0 Å². The van der Waals surface area contributed by atoms with E-state index >= 15 is 0 Å². The van der Waals surface area contributed by atoms with E-state index < -0.39 is 0 Å². The monoisotopic (exact) mass is 288 g/mol. The van der Waals surface area contributed by atoms with Gasteiger partial charge in [-0.2, -0.15) is 0 Å². The normalized spacial score (nSPS) is 9.80. The van der Waals surface area contributed by atoms with Gasteiger partial charge in [0, 0.05) is 5.88 Å². The highest BCUT2D eigenvalue weighted by atomic mass is 35.5. The first-order valence-electron chi connectivity index (χ1n) is 7.53. The lowest BCUT2D eigenvalue weighted by molar-refractivity contribution is 0.956. The third-order valence-corrected chi connectivity index (χ3v) is 3.62. The van der Waals surface area contributed by atoms with Crippen LogP contribution in [0.1, 0.15) is 43.0 Å². The maximum Gasteiger partial charge on any atom is 0.0474 e. The average Bonchev–Trinajstić information content (AvgIpc) is 2.55. The molecule has 2 rings (SSSR count). The van der Waals surface area contributed by atoms with Gasteiger partial charge in [0.15, 0.2) is 0 Å². The molecule has 0 aliphatic carbocycles. The molecule has 0 fully saturated rings. The number of aryl methyl sites for hydroxylation is 3. The van der Waals surface area contributed by atoms with Crippen LogP contribution in [-0.2, 0) is 25.1 Å². The first kappa shape index (κ1) is 16.8. The molecule has 1 heteroatoms. The highest BCUT2D eigenvalue weighted by Crippen LogP contribution is 2.11. The molecule has 0 aliphatic rings. The zero-order valence-corrected chi connectivity index (χ0v) is 13.6. The fraction of sp³-hybridized carbons (Fsp3) is 0.368. The summed E-state index contributed by atoms with van der Waals surface area (Å²) in [5.74, 6) is 0.596. The van der Waals surface area contributed by atoms with Gasteiger partial charge in [-0.1, -0.05) is 69.3 Å². The number of hydrogen-bond acceptors (Lipinski definition) is 0. The summed E-state index contributed by atoms with van der Waals surface area (Å²) in [6.07, 6.45) is 3.30. The zero-order valence-electron chi connectivity index (χ0n) is 12.8. The number of rotatable bonds is 5. The van der Waals surface area contributed by atoms with Gasteiger partial charge in [-0.05, 0) is 41.5 Å². The van der Waals surface area contributed by atoms with E-state index in [1.54, 1.807) is 0 Å². The summed E-state index contributed by atoms with van der Waals surface area (Å²) in [6.45, 7) is 6.19. The molecule has 0 radical (unpaired) electrons. The van der Waals surface area contributed by atoms with Crippen LogP contribution in [0.25, 0.3) is 0 Å². The van der Waals surface area contributed by atoms with E-state index in [0.717, 1.165) is 19.3 Å². The third kappa shape index (κ3) is 5.38. The number of hydrogen-bond donors (Lipinski definition) is 0. The summed E-state index contributed by atoms with van der Waals surface area (Å²) >= 11 is 5.78. The SMILES string of the molecule is CC.CCc1ccc(CCc2ccc(CCl)cc2)cc1. The van der Waals surface area contributed by atoms with Crippen LogP contribution >= 0.6 is 11.6 Å². The molecule has 0 aromatic heterocycles. The summed E-state index contributed by atoms with van der Waals surface area (Å²) in [5.41, 5.74) is 5.38. The van der Waals surface area contributed by atoms with Crippen LogP contribution in [0.3, 0.4) is 0 Å². The van der Waals surface area contributed by atoms with Gasteiger partial charge in [-0.25, -0.2) is 0 Å². The molecule has 0 nitrogen and oxygen atoms in total. The Labute approximate surface area is 128 Å². The van der Waals surface area contributed by atoms with Gasteiger partial charge in [-0.3, -0.25) is 0 Å². The Morgan fingerprint density at radius 2 is 1.00 bits per heavy atom. The summed E-state index contributed by atoms with van der Waals surface area (Å²) in [4.78, 5) is 0. The molecular formula is C19H25Cl. The molecule has 2 aromatic carbocycles. The van der Waals surface area contributed by atoms with E-state index in [1.807, 2.05) is 13.8 Å². The van der Waals surface area contributed by atoms with E-state index in [9.17, 15) is 0 Å². The molecule has 0 bridgehead atoms. The van der Waals surface area contributed by atoms with Crippen molar-refractivity contribution in [1.82, 2.24) is 0 Å². The average molecular weight is 289 g/mol. The van der Waals surface area contributed by atoms with Gasteiger partial charge in [0.05, 0.1) is 0 Å². The standard InChI is InChI=1S/C17H19Cl.C2H6/c1-2-14-3-5-15(6-4-14)7-8-16-9-11-17(13-18)12-10-16;1-2/h3-6,9-12H,2,7-8,13H2,1H3;1-2H3. The molecule has 0 spiro atoms. The quantitative estimate of drug-likeness (QED) is 0.610. The van der Waals surface area contributed by atoms with Crippen molar-refractivity contribution in [3.8, 4) is 0 Å². The van der Waals surface area contributed by atoms with E-state index in [0.29, 0.717) is 5.88 Å². The second kappa shape index (κ2) is 9.61. The highest BCUT2D eigenvalue weighted by Gasteiger charge is 1.97. The zero-order chi connectivity index (χ0) is 14.8.